The number of anilines is 2. The molecule has 1 amide bonds. The fourth-order valence-corrected chi connectivity index (χ4v) is 12.0. The van der Waals surface area contributed by atoms with Crippen LogP contribution in [0.1, 0.15) is 129 Å². The molecule has 0 saturated carbocycles. The number of hydrogen-bond donors (Lipinski definition) is 2. The first-order chi connectivity index (χ1) is 39.9. The number of nitrogens with one attached hydrogen (secondary N) is 1. The van der Waals surface area contributed by atoms with Crippen molar-refractivity contribution in [3.05, 3.63) is 212 Å². The van der Waals surface area contributed by atoms with Crippen LogP contribution in [0, 0.1) is 27.0 Å². The summed E-state index contributed by atoms with van der Waals surface area (Å²) in [6.45, 7) is 45.0. The molecule has 0 bridgehead atoms. The zero-order valence-electron chi connectivity index (χ0n) is 50.8. The van der Waals surface area contributed by atoms with Gasteiger partial charge < -0.3 is 28.7 Å². The Kier molecular flexibility index (Phi) is 24.2. The van der Waals surface area contributed by atoms with E-state index in [1.807, 2.05) is 98.8 Å². The van der Waals surface area contributed by atoms with Crippen LogP contribution in [0.2, 0.25) is 46.3 Å². The molecule has 8 aromatic rings. The minimum Gasteiger partial charge on any atom is -0.420 e. The maximum absolute atomic E-state index is 12.5. The van der Waals surface area contributed by atoms with E-state index in [0.717, 1.165) is 33.4 Å². The topological polar surface area (TPSA) is 177 Å². The Morgan fingerprint density at radius 3 is 1.31 bits per heavy atom. The fraction of sp³-hybridized carbons (Fsp3) is 0.343. The van der Waals surface area contributed by atoms with Crippen molar-refractivity contribution in [2.24, 2.45) is 0 Å². The Labute approximate surface area is 525 Å². The van der Waals surface area contributed by atoms with Crippen LogP contribution in [-0.2, 0) is 21.7 Å². The summed E-state index contributed by atoms with van der Waals surface area (Å²) in [5, 5.41) is 21.1. The smallest absolute Gasteiger partial charge is 0.255 e. The van der Waals surface area contributed by atoms with Crippen LogP contribution in [-0.4, -0.2) is 60.4 Å². The average molecular weight is 1250 g/mol. The van der Waals surface area contributed by atoms with Gasteiger partial charge in [-0.05, 0) is 171 Å². The Bertz CT molecular complexity index is 3650. The average Bonchev–Trinajstić information content (AvgIpc) is 3.43. The zero-order chi connectivity index (χ0) is 62.6. The highest BCUT2D eigenvalue weighted by molar-refractivity contribution is 6.74. The molecule has 0 aliphatic heterocycles. The first kappa shape index (κ1) is 69.5. The second-order valence-corrected chi connectivity index (χ2v) is 34.5. The number of carbonyl (C=O) groups is 2. The highest BCUT2D eigenvalue weighted by Crippen LogP contribution is 2.43. The molecule has 3 N–H and O–H groups in total. The number of aromatic nitrogens is 4. The molecule has 4 atom stereocenters. The molecule has 19 heteroatoms. The standard InChI is InChI=1S/C33H37ClN4O3Si.C26H33ClN4O2Si.C7H5ClO.CH4/c1-21-25(16-19-28(35-6)29(21)34)20-27(22(2)41-42(7,8)33(3,4)5)32-38-37-31(40-32)24-14-17-26(18-15-24)36-30(39)23-12-10-9-11-13-23;1-16-19(11-14-22(29-6)23(16)27)15-21(17(2)33-34(7,8)26(3,4)5)25-31-30-24(32-25)18-9-12-20(28)13-10-18;8-7(9)6-4-2-1-3-5-6;/h9-19,22,27H,20H2,1-5,7-8H3,(H,36,39);9-14,17,21H,15,28H2,1-5,7-8H3;1-5H;1H4/t22-,27+;17-,21+;;/m00../s1. The summed E-state index contributed by atoms with van der Waals surface area (Å²) in [7, 11) is -4.17. The molecule has 86 heavy (non-hydrogen) atoms. The number of hydrogen-bond acceptors (Lipinski definition) is 11. The van der Waals surface area contributed by atoms with Gasteiger partial charge in [0.1, 0.15) is 0 Å². The minimum atomic E-state index is -2.11. The molecular weight excluding hydrogens is 1180 g/mol. The van der Waals surface area contributed by atoms with Crippen LogP contribution in [0.5, 0.6) is 0 Å². The molecule has 8 rings (SSSR count). The SMILES string of the molecule is C.O=C(Cl)c1ccccc1.[C-]#[N+]c1ccc(C[C@@H](c2nnc(-c3ccc(N)cc3)o2)[C@H](C)O[Si](C)(C)C(C)(C)C)c(C)c1Cl.[C-]#[N+]c1ccc(C[C@@H](c2nnc(-c3ccc(NC(=O)c4ccccc4)cc3)o2)[C@H](C)O[Si](C)(C)C(C)(C)C)c(C)c1Cl. The summed E-state index contributed by atoms with van der Waals surface area (Å²) in [5.41, 5.74) is 14.5. The van der Waals surface area contributed by atoms with Gasteiger partial charge in [-0.25, -0.2) is 9.69 Å². The van der Waals surface area contributed by atoms with E-state index >= 15 is 0 Å². The highest BCUT2D eigenvalue weighted by Gasteiger charge is 2.42. The highest BCUT2D eigenvalue weighted by atomic mass is 35.5. The lowest BCUT2D eigenvalue weighted by Gasteiger charge is -2.40. The molecule has 0 saturated heterocycles. The number of rotatable bonds is 17. The van der Waals surface area contributed by atoms with Gasteiger partial charge >= 0.3 is 0 Å². The van der Waals surface area contributed by atoms with Gasteiger partial charge in [0.25, 0.3) is 11.1 Å². The van der Waals surface area contributed by atoms with Crippen molar-refractivity contribution in [3.63, 3.8) is 0 Å². The Morgan fingerprint density at radius 2 is 0.965 bits per heavy atom. The van der Waals surface area contributed by atoms with Gasteiger partial charge in [-0.3, -0.25) is 9.59 Å². The molecule has 0 spiro atoms. The second-order valence-electron chi connectivity index (χ2n) is 23.9. The minimum absolute atomic E-state index is 0. The first-order valence-corrected chi connectivity index (χ1v) is 34.8. The monoisotopic (exact) mass is 1250 g/mol. The molecule has 2 aromatic heterocycles. The molecular formula is C67H79Cl3N8O6Si2. The van der Waals surface area contributed by atoms with Crippen LogP contribution in [0.25, 0.3) is 32.6 Å². The maximum atomic E-state index is 12.5. The van der Waals surface area contributed by atoms with Gasteiger partial charge in [-0.1, -0.05) is 145 Å². The number of amides is 1. The van der Waals surface area contributed by atoms with Gasteiger partial charge in [0.05, 0.1) is 47.2 Å². The maximum Gasteiger partial charge on any atom is 0.255 e. The lowest BCUT2D eigenvalue weighted by molar-refractivity contribution is 0.102. The van der Waals surface area contributed by atoms with E-state index in [2.05, 4.69) is 117 Å². The lowest BCUT2D eigenvalue weighted by atomic mass is 9.92. The summed E-state index contributed by atoms with van der Waals surface area (Å²) in [4.78, 5) is 30.0. The van der Waals surface area contributed by atoms with Crippen molar-refractivity contribution < 1.29 is 27.3 Å². The predicted octanol–water partition coefficient (Wildman–Crippen LogP) is 19.5. The van der Waals surface area contributed by atoms with Crippen molar-refractivity contribution in [2.75, 3.05) is 11.1 Å². The van der Waals surface area contributed by atoms with Gasteiger partial charge in [-0.2, -0.15) is 0 Å². The van der Waals surface area contributed by atoms with E-state index in [1.54, 1.807) is 48.5 Å². The summed E-state index contributed by atoms with van der Waals surface area (Å²) < 4.78 is 26.0. The van der Waals surface area contributed by atoms with Crippen molar-refractivity contribution in [1.29, 1.82) is 0 Å². The largest absolute Gasteiger partial charge is 0.420 e. The van der Waals surface area contributed by atoms with Crippen LogP contribution in [0.15, 0.2) is 142 Å². The number of nitrogens with zero attached hydrogens (tertiary/aromatic N) is 6. The molecule has 0 radical (unpaired) electrons. The number of halogens is 3. The van der Waals surface area contributed by atoms with Crippen LogP contribution < -0.4 is 11.1 Å². The number of benzene rings is 6. The van der Waals surface area contributed by atoms with Crippen molar-refractivity contribution >= 4 is 85.3 Å². The number of carbonyl (C=O) groups excluding carboxylic acids is 2. The van der Waals surface area contributed by atoms with E-state index in [0.29, 0.717) is 80.3 Å². The molecule has 2 heterocycles. The van der Waals surface area contributed by atoms with Crippen LogP contribution in [0.4, 0.5) is 22.7 Å². The van der Waals surface area contributed by atoms with E-state index in [1.165, 1.54) is 0 Å². The first-order valence-electron chi connectivity index (χ1n) is 27.9. The summed E-state index contributed by atoms with van der Waals surface area (Å²) in [6.07, 6.45) is 0.780. The summed E-state index contributed by atoms with van der Waals surface area (Å²) in [5.74, 6) is 1.22. The third-order valence-corrected chi connectivity index (χ3v) is 26.2. The van der Waals surface area contributed by atoms with Gasteiger partial charge in [0, 0.05) is 33.6 Å². The lowest BCUT2D eigenvalue weighted by Crippen LogP contribution is -2.44. The molecule has 0 unspecified atom stereocenters. The quantitative estimate of drug-likeness (QED) is 0.0384. The summed E-state index contributed by atoms with van der Waals surface area (Å²) in [6, 6.07) is 39.9. The third kappa shape index (κ3) is 17.9. The van der Waals surface area contributed by atoms with E-state index < -0.39 is 21.9 Å². The van der Waals surface area contributed by atoms with Crippen molar-refractivity contribution in [2.45, 2.75) is 150 Å². The van der Waals surface area contributed by atoms with Crippen molar-refractivity contribution in [3.8, 4) is 22.9 Å². The molecule has 452 valence electrons. The Morgan fingerprint density at radius 1 is 0.593 bits per heavy atom. The fourth-order valence-electron chi connectivity index (χ4n) is 8.55. The van der Waals surface area contributed by atoms with Gasteiger partial charge in [0.2, 0.25) is 34.9 Å². The van der Waals surface area contributed by atoms with E-state index in [4.69, 9.17) is 71.4 Å². The third-order valence-electron chi connectivity index (χ3n) is 15.9. The van der Waals surface area contributed by atoms with E-state index in [9.17, 15) is 9.59 Å². The van der Waals surface area contributed by atoms with Crippen molar-refractivity contribution in [1.82, 2.24) is 20.4 Å². The molecule has 0 aliphatic carbocycles. The zero-order valence-corrected chi connectivity index (χ0v) is 55.0. The van der Waals surface area contributed by atoms with Gasteiger partial charge in [0.15, 0.2) is 16.6 Å². The van der Waals surface area contributed by atoms with E-state index in [-0.39, 0.29) is 47.5 Å². The van der Waals surface area contributed by atoms with Crippen LogP contribution >= 0.6 is 34.8 Å². The van der Waals surface area contributed by atoms with Gasteiger partial charge in [-0.15, -0.1) is 20.4 Å². The van der Waals surface area contributed by atoms with Crippen LogP contribution in [0.3, 0.4) is 0 Å². The second kappa shape index (κ2) is 29.9. The molecule has 0 fully saturated rings. The Hall–Kier alpha value is -7.26. The number of nitrogen functional groups attached to an aromatic ring is 1. The number of nitrogens with two attached hydrogens (primary N) is 1. The summed E-state index contributed by atoms with van der Waals surface area (Å²) >= 11 is 18.2. The predicted molar refractivity (Wildman–Crippen MR) is 355 cm³/mol. The molecule has 14 nitrogen and oxygen atoms in total. The Balaban J connectivity index is 0.000000275. The molecule has 6 aromatic carbocycles. The normalized spacial score (nSPS) is 13.0. The molecule has 0 aliphatic rings.